The lowest BCUT2D eigenvalue weighted by Crippen LogP contribution is -2.18. The molecule has 0 radical (unpaired) electrons. The predicted octanol–water partition coefficient (Wildman–Crippen LogP) is 3.78. The molecule has 0 spiro atoms. The molecule has 104 valence electrons. The van der Waals surface area contributed by atoms with Crippen LogP contribution in [0.1, 0.15) is 17.5 Å². The molecule has 1 atom stereocenters. The van der Waals surface area contributed by atoms with Crippen LogP contribution >= 0.6 is 11.8 Å². The van der Waals surface area contributed by atoms with Crippen LogP contribution in [0, 0.1) is 6.92 Å². The van der Waals surface area contributed by atoms with Gasteiger partial charge in [0.05, 0.1) is 11.7 Å². The molecule has 0 aliphatic heterocycles. The van der Waals surface area contributed by atoms with Gasteiger partial charge >= 0.3 is 0 Å². The van der Waals surface area contributed by atoms with E-state index in [0.717, 1.165) is 28.2 Å². The number of hydrogen-bond donors (Lipinski definition) is 1. The molecular formula is C15H16N2O2S. The number of para-hydroxylation sites is 1. The molecule has 4 nitrogen and oxygen atoms in total. The van der Waals surface area contributed by atoms with E-state index in [1.807, 2.05) is 32.2 Å². The number of aryl methyl sites for hydroxylation is 1. The topological polar surface area (TPSA) is 51.2 Å². The largest absolute Gasteiger partial charge is 0.459 e. The van der Waals surface area contributed by atoms with E-state index in [4.69, 9.17) is 8.83 Å². The average molecular weight is 288 g/mol. The van der Waals surface area contributed by atoms with Crippen molar-refractivity contribution in [1.82, 2.24) is 10.3 Å². The van der Waals surface area contributed by atoms with Gasteiger partial charge in [0.15, 0.2) is 0 Å². The second-order valence-electron chi connectivity index (χ2n) is 4.59. The summed E-state index contributed by atoms with van der Waals surface area (Å²) in [5.74, 6) is 1.74. The van der Waals surface area contributed by atoms with E-state index in [1.54, 1.807) is 18.0 Å². The molecule has 3 rings (SSSR count). The lowest BCUT2D eigenvalue weighted by atomic mass is 10.2. The highest BCUT2D eigenvalue weighted by Gasteiger charge is 2.16. The van der Waals surface area contributed by atoms with Crippen LogP contribution in [-0.4, -0.2) is 17.8 Å². The Hall–Kier alpha value is -1.72. The first-order valence-electron chi connectivity index (χ1n) is 6.47. The van der Waals surface area contributed by atoms with E-state index >= 15 is 0 Å². The van der Waals surface area contributed by atoms with Gasteiger partial charge < -0.3 is 14.2 Å². The summed E-state index contributed by atoms with van der Waals surface area (Å²) < 4.78 is 11.2. The third-order valence-corrected chi connectivity index (χ3v) is 4.04. The summed E-state index contributed by atoms with van der Waals surface area (Å²) >= 11 is 1.58. The van der Waals surface area contributed by atoms with Crippen LogP contribution in [0.4, 0.5) is 0 Å². The standard InChI is InChI=1S/C15H16N2O2S/c1-10-8-18-15(17-10)20-9-12(16-2)14-7-11-5-3-4-6-13(11)19-14/h3-8,12,16H,9H2,1-2H3. The van der Waals surface area contributed by atoms with Crippen LogP contribution in [0.5, 0.6) is 0 Å². The molecule has 1 N–H and O–H groups in total. The van der Waals surface area contributed by atoms with Crippen LogP contribution in [0.15, 0.2) is 50.7 Å². The molecule has 20 heavy (non-hydrogen) atoms. The van der Waals surface area contributed by atoms with Crippen molar-refractivity contribution in [3.8, 4) is 0 Å². The van der Waals surface area contributed by atoms with E-state index in [0.29, 0.717) is 5.22 Å². The number of rotatable bonds is 5. The van der Waals surface area contributed by atoms with E-state index in [9.17, 15) is 0 Å². The molecule has 1 unspecified atom stereocenters. The van der Waals surface area contributed by atoms with Crippen LogP contribution in [0.2, 0.25) is 0 Å². The van der Waals surface area contributed by atoms with Crippen LogP contribution in [-0.2, 0) is 0 Å². The van der Waals surface area contributed by atoms with Gasteiger partial charge in [-0.1, -0.05) is 30.0 Å². The Bertz CT molecular complexity index is 672. The fourth-order valence-corrected chi connectivity index (χ4v) is 3.00. The van der Waals surface area contributed by atoms with Crippen molar-refractivity contribution in [3.63, 3.8) is 0 Å². The first-order chi connectivity index (χ1) is 9.76. The molecule has 3 aromatic rings. The van der Waals surface area contributed by atoms with Gasteiger partial charge in [0, 0.05) is 11.1 Å². The Morgan fingerprint density at radius 3 is 2.90 bits per heavy atom. The number of oxazole rings is 1. The summed E-state index contributed by atoms with van der Waals surface area (Å²) in [6.07, 6.45) is 1.66. The number of hydrogen-bond acceptors (Lipinski definition) is 5. The van der Waals surface area contributed by atoms with Gasteiger partial charge in [0.25, 0.3) is 5.22 Å². The first kappa shape index (κ1) is 13.3. The van der Waals surface area contributed by atoms with E-state index in [2.05, 4.69) is 22.4 Å². The van der Waals surface area contributed by atoms with Crippen molar-refractivity contribution in [1.29, 1.82) is 0 Å². The van der Waals surface area contributed by atoms with Gasteiger partial charge in [-0.2, -0.15) is 0 Å². The van der Waals surface area contributed by atoms with Crippen LogP contribution in [0.25, 0.3) is 11.0 Å². The highest BCUT2D eigenvalue weighted by molar-refractivity contribution is 7.99. The molecule has 0 fully saturated rings. The molecule has 1 aromatic carbocycles. The monoisotopic (exact) mass is 288 g/mol. The molecule has 0 saturated carbocycles. The SMILES string of the molecule is CNC(CSc1nc(C)co1)c1cc2ccccc2o1. The molecule has 5 heteroatoms. The smallest absolute Gasteiger partial charge is 0.255 e. The Morgan fingerprint density at radius 1 is 1.35 bits per heavy atom. The van der Waals surface area contributed by atoms with Gasteiger partial charge in [-0.25, -0.2) is 4.98 Å². The highest BCUT2D eigenvalue weighted by atomic mass is 32.2. The zero-order chi connectivity index (χ0) is 13.9. The van der Waals surface area contributed by atoms with Crippen molar-refractivity contribution in [3.05, 3.63) is 48.0 Å². The number of aromatic nitrogens is 1. The summed E-state index contributed by atoms with van der Waals surface area (Å²) in [6, 6.07) is 10.2. The molecular weight excluding hydrogens is 272 g/mol. The quantitative estimate of drug-likeness (QED) is 0.724. The molecule has 2 heterocycles. The van der Waals surface area contributed by atoms with Crippen LogP contribution < -0.4 is 5.32 Å². The second-order valence-corrected chi connectivity index (χ2v) is 5.56. The Morgan fingerprint density at radius 2 is 2.20 bits per heavy atom. The van der Waals surface area contributed by atoms with Crippen molar-refractivity contribution >= 4 is 22.7 Å². The van der Waals surface area contributed by atoms with Gasteiger partial charge in [-0.3, -0.25) is 0 Å². The number of furan rings is 1. The summed E-state index contributed by atoms with van der Waals surface area (Å²) in [5.41, 5.74) is 1.82. The average Bonchev–Trinajstić information content (AvgIpc) is 3.05. The molecule has 0 bridgehead atoms. The Balaban J connectivity index is 1.75. The number of benzene rings is 1. The lowest BCUT2D eigenvalue weighted by Gasteiger charge is -2.11. The van der Waals surface area contributed by atoms with Crippen molar-refractivity contribution in [2.24, 2.45) is 0 Å². The normalized spacial score (nSPS) is 12.9. The maximum atomic E-state index is 5.89. The minimum Gasteiger partial charge on any atom is -0.459 e. The third-order valence-electron chi connectivity index (χ3n) is 3.11. The number of nitrogens with zero attached hydrogens (tertiary/aromatic N) is 1. The third kappa shape index (κ3) is 2.73. The lowest BCUT2D eigenvalue weighted by molar-refractivity contribution is 0.450. The van der Waals surface area contributed by atoms with Gasteiger partial charge in [-0.15, -0.1) is 0 Å². The maximum Gasteiger partial charge on any atom is 0.255 e. The first-order valence-corrected chi connectivity index (χ1v) is 7.45. The van der Waals surface area contributed by atoms with E-state index in [-0.39, 0.29) is 6.04 Å². The molecule has 0 aliphatic rings. The second kappa shape index (κ2) is 5.73. The molecule has 0 aliphatic carbocycles. The molecule has 0 amide bonds. The number of nitrogens with one attached hydrogen (secondary N) is 1. The number of thioether (sulfide) groups is 1. The fraction of sp³-hybridized carbons (Fsp3) is 0.267. The predicted molar refractivity (Wildman–Crippen MR) is 80.0 cm³/mol. The maximum absolute atomic E-state index is 5.89. The fourth-order valence-electron chi connectivity index (χ4n) is 2.04. The van der Waals surface area contributed by atoms with E-state index < -0.39 is 0 Å². The van der Waals surface area contributed by atoms with Gasteiger partial charge in [0.2, 0.25) is 0 Å². The summed E-state index contributed by atoms with van der Waals surface area (Å²) in [5, 5.41) is 5.09. The van der Waals surface area contributed by atoms with Gasteiger partial charge in [-0.05, 0) is 26.1 Å². The highest BCUT2D eigenvalue weighted by Crippen LogP contribution is 2.28. The Labute approximate surface area is 121 Å². The molecule has 2 aromatic heterocycles. The van der Waals surface area contributed by atoms with Crippen LogP contribution in [0.3, 0.4) is 0 Å². The van der Waals surface area contributed by atoms with Crippen molar-refractivity contribution in [2.45, 2.75) is 18.2 Å². The zero-order valence-corrected chi connectivity index (χ0v) is 12.2. The number of fused-ring (bicyclic) bond motifs is 1. The van der Waals surface area contributed by atoms with Gasteiger partial charge in [0.1, 0.15) is 17.6 Å². The summed E-state index contributed by atoms with van der Waals surface area (Å²) in [6.45, 7) is 1.92. The minimum absolute atomic E-state index is 0.125. The summed E-state index contributed by atoms with van der Waals surface area (Å²) in [4.78, 5) is 4.29. The molecule has 0 saturated heterocycles. The zero-order valence-electron chi connectivity index (χ0n) is 11.4. The van der Waals surface area contributed by atoms with Crippen molar-refractivity contribution in [2.75, 3.05) is 12.8 Å². The Kier molecular flexibility index (Phi) is 3.80. The summed E-state index contributed by atoms with van der Waals surface area (Å²) in [7, 11) is 1.93. The van der Waals surface area contributed by atoms with E-state index in [1.165, 1.54) is 0 Å². The minimum atomic E-state index is 0.125. The van der Waals surface area contributed by atoms with Crippen molar-refractivity contribution < 1.29 is 8.83 Å².